The molecule has 0 aliphatic heterocycles. The fraction of sp³-hybridized carbons (Fsp3) is 1.00. The molecule has 3 nitrogen and oxygen atoms in total. The van der Waals surface area contributed by atoms with Crippen LogP contribution in [0.25, 0.3) is 0 Å². The summed E-state index contributed by atoms with van der Waals surface area (Å²) in [4.78, 5) is 0. The smallest absolute Gasteiger partial charge is 0.0697 e. The Balaban J connectivity index is 3.05. The van der Waals surface area contributed by atoms with E-state index in [0.29, 0.717) is 13.2 Å². The number of hydrogen-bond acceptors (Lipinski definition) is 3. The molecule has 1 atom stereocenters. The van der Waals surface area contributed by atoms with E-state index < -0.39 is 0 Å². The third-order valence-electron chi connectivity index (χ3n) is 1.80. The predicted octanol–water partition coefficient (Wildman–Crippen LogP) is 1.59. The molecule has 0 rings (SSSR count). The van der Waals surface area contributed by atoms with E-state index in [9.17, 15) is 0 Å². The van der Waals surface area contributed by atoms with E-state index >= 15 is 0 Å². The molecule has 0 aromatic rings. The summed E-state index contributed by atoms with van der Waals surface area (Å²) in [7, 11) is 0. The van der Waals surface area contributed by atoms with Crippen molar-refractivity contribution in [2.24, 2.45) is 0 Å². The normalized spacial score (nSPS) is 13.2. The Morgan fingerprint density at radius 3 is 2.62 bits per heavy atom. The number of hydrogen-bond donors (Lipinski definition) is 1. The van der Waals surface area contributed by atoms with Crippen LogP contribution in [-0.2, 0) is 9.47 Å². The van der Waals surface area contributed by atoms with E-state index in [1.165, 1.54) is 6.42 Å². The predicted molar refractivity (Wildman–Crippen MR) is 52.8 cm³/mol. The van der Waals surface area contributed by atoms with Crippen LogP contribution >= 0.6 is 0 Å². The van der Waals surface area contributed by atoms with Gasteiger partial charge in [-0.3, -0.25) is 0 Å². The molecule has 0 fully saturated rings. The Kier molecular flexibility index (Phi) is 9.87. The van der Waals surface area contributed by atoms with Gasteiger partial charge < -0.3 is 14.6 Å². The van der Waals surface area contributed by atoms with Crippen molar-refractivity contribution in [1.29, 1.82) is 0 Å². The molecule has 1 N–H and O–H groups in total. The van der Waals surface area contributed by atoms with Gasteiger partial charge in [0.2, 0.25) is 0 Å². The average Bonchev–Trinajstić information content (AvgIpc) is 2.13. The molecule has 0 aliphatic carbocycles. The quantitative estimate of drug-likeness (QED) is 0.561. The standard InChI is InChI=1S/C10H22O3/c1-3-4-7-13-10(2)5-8-12-9-6-11/h10-11H,3-9H2,1-2H3. The minimum Gasteiger partial charge on any atom is -0.394 e. The van der Waals surface area contributed by atoms with Crippen LogP contribution < -0.4 is 0 Å². The summed E-state index contributed by atoms with van der Waals surface area (Å²) in [5.41, 5.74) is 0. The molecule has 0 bridgehead atoms. The van der Waals surface area contributed by atoms with Crippen molar-refractivity contribution in [3.63, 3.8) is 0 Å². The fourth-order valence-electron chi connectivity index (χ4n) is 0.928. The zero-order chi connectivity index (χ0) is 9.94. The number of unbranched alkanes of at least 4 members (excludes halogenated alkanes) is 1. The molecular weight excluding hydrogens is 168 g/mol. The highest BCUT2D eigenvalue weighted by molar-refractivity contribution is 4.49. The highest BCUT2D eigenvalue weighted by atomic mass is 16.5. The number of aliphatic hydroxyl groups excluding tert-OH is 1. The molecule has 80 valence electrons. The first-order chi connectivity index (χ1) is 6.31. The van der Waals surface area contributed by atoms with Gasteiger partial charge in [-0.2, -0.15) is 0 Å². The fourth-order valence-corrected chi connectivity index (χ4v) is 0.928. The van der Waals surface area contributed by atoms with E-state index in [2.05, 4.69) is 13.8 Å². The van der Waals surface area contributed by atoms with Crippen LogP contribution in [0.3, 0.4) is 0 Å². The molecule has 0 aliphatic rings. The summed E-state index contributed by atoms with van der Waals surface area (Å²) >= 11 is 0. The summed E-state index contributed by atoms with van der Waals surface area (Å²) in [5, 5.41) is 8.45. The van der Waals surface area contributed by atoms with Crippen LogP contribution in [0.5, 0.6) is 0 Å². The van der Waals surface area contributed by atoms with E-state index in [0.717, 1.165) is 19.4 Å². The van der Waals surface area contributed by atoms with Gasteiger partial charge in [-0.25, -0.2) is 0 Å². The van der Waals surface area contributed by atoms with E-state index in [4.69, 9.17) is 14.6 Å². The van der Waals surface area contributed by atoms with Crippen molar-refractivity contribution >= 4 is 0 Å². The van der Waals surface area contributed by atoms with Gasteiger partial charge in [-0.05, 0) is 19.8 Å². The zero-order valence-electron chi connectivity index (χ0n) is 8.79. The Morgan fingerprint density at radius 1 is 1.23 bits per heavy atom. The van der Waals surface area contributed by atoms with Gasteiger partial charge in [0.25, 0.3) is 0 Å². The Bertz CT molecular complexity index is 96.2. The molecule has 0 aromatic carbocycles. The maximum absolute atomic E-state index is 8.45. The minimum absolute atomic E-state index is 0.102. The van der Waals surface area contributed by atoms with Crippen LogP contribution in [0.1, 0.15) is 33.1 Å². The molecule has 0 spiro atoms. The number of ether oxygens (including phenoxy) is 2. The second kappa shape index (κ2) is 9.96. The third-order valence-corrected chi connectivity index (χ3v) is 1.80. The van der Waals surface area contributed by atoms with Gasteiger partial charge >= 0.3 is 0 Å². The molecule has 0 radical (unpaired) electrons. The Morgan fingerprint density at radius 2 is 2.00 bits per heavy atom. The van der Waals surface area contributed by atoms with Crippen LogP contribution in [-0.4, -0.2) is 37.6 Å². The number of aliphatic hydroxyl groups is 1. The van der Waals surface area contributed by atoms with Crippen LogP contribution in [0, 0.1) is 0 Å². The third kappa shape index (κ3) is 9.80. The summed E-state index contributed by atoms with van der Waals surface area (Å²) < 4.78 is 10.6. The van der Waals surface area contributed by atoms with Gasteiger partial charge in [0.1, 0.15) is 0 Å². The lowest BCUT2D eigenvalue weighted by Gasteiger charge is -2.12. The average molecular weight is 190 g/mol. The van der Waals surface area contributed by atoms with Crippen molar-refractivity contribution in [1.82, 2.24) is 0 Å². The van der Waals surface area contributed by atoms with Gasteiger partial charge in [-0.15, -0.1) is 0 Å². The van der Waals surface area contributed by atoms with Crippen molar-refractivity contribution in [3.05, 3.63) is 0 Å². The minimum atomic E-state index is 0.102. The molecule has 0 amide bonds. The van der Waals surface area contributed by atoms with Crippen LogP contribution in [0.4, 0.5) is 0 Å². The molecule has 0 heterocycles. The molecule has 0 saturated carbocycles. The first-order valence-electron chi connectivity index (χ1n) is 5.11. The molecule has 0 aromatic heterocycles. The first kappa shape index (κ1) is 12.9. The summed E-state index contributed by atoms with van der Waals surface area (Å²) in [6.45, 7) is 6.26. The molecular formula is C10H22O3. The molecule has 13 heavy (non-hydrogen) atoms. The first-order valence-corrected chi connectivity index (χ1v) is 5.11. The van der Waals surface area contributed by atoms with Crippen molar-refractivity contribution < 1.29 is 14.6 Å². The Hall–Kier alpha value is -0.120. The second-order valence-electron chi connectivity index (χ2n) is 3.16. The molecule has 0 saturated heterocycles. The number of rotatable bonds is 9. The summed E-state index contributed by atoms with van der Waals surface area (Å²) in [6.07, 6.45) is 3.48. The molecule has 3 heteroatoms. The lowest BCUT2D eigenvalue weighted by molar-refractivity contribution is 0.0233. The van der Waals surface area contributed by atoms with Gasteiger partial charge in [0.15, 0.2) is 0 Å². The van der Waals surface area contributed by atoms with Crippen molar-refractivity contribution in [2.45, 2.75) is 39.2 Å². The zero-order valence-corrected chi connectivity index (χ0v) is 8.79. The Labute approximate surface area is 81.0 Å². The van der Waals surface area contributed by atoms with Gasteiger partial charge in [0, 0.05) is 13.2 Å². The SMILES string of the molecule is CCCCOC(C)CCOCCO. The van der Waals surface area contributed by atoms with Crippen LogP contribution in [0.15, 0.2) is 0 Å². The highest BCUT2D eigenvalue weighted by Gasteiger charge is 2.00. The van der Waals surface area contributed by atoms with E-state index in [1.54, 1.807) is 0 Å². The monoisotopic (exact) mass is 190 g/mol. The lowest BCUT2D eigenvalue weighted by atomic mass is 10.3. The second-order valence-corrected chi connectivity index (χ2v) is 3.16. The van der Waals surface area contributed by atoms with Crippen molar-refractivity contribution in [3.8, 4) is 0 Å². The van der Waals surface area contributed by atoms with Crippen LogP contribution in [0.2, 0.25) is 0 Å². The highest BCUT2D eigenvalue weighted by Crippen LogP contribution is 1.99. The maximum atomic E-state index is 8.45. The molecule has 1 unspecified atom stereocenters. The summed E-state index contributed by atoms with van der Waals surface area (Å²) in [6, 6.07) is 0. The lowest BCUT2D eigenvalue weighted by Crippen LogP contribution is -2.13. The van der Waals surface area contributed by atoms with Crippen molar-refractivity contribution in [2.75, 3.05) is 26.4 Å². The summed E-state index contributed by atoms with van der Waals surface area (Å²) in [5.74, 6) is 0. The maximum Gasteiger partial charge on any atom is 0.0697 e. The van der Waals surface area contributed by atoms with E-state index in [-0.39, 0.29) is 12.7 Å². The van der Waals surface area contributed by atoms with Gasteiger partial charge in [0.05, 0.1) is 19.3 Å². The topological polar surface area (TPSA) is 38.7 Å². The largest absolute Gasteiger partial charge is 0.394 e. The van der Waals surface area contributed by atoms with Gasteiger partial charge in [-0.1, -0.05) is 13.3 Å². The van der Waals surface area contributed by atoms with E-state index in [1.807, 2.05) is 0 Å².